The van der Waals surface area contributed by atoms with Gasteiger partial charge >= 0.3 is 0 Å². The van der Waals surface area contributed by atoms with Gasteiger partial charge in [0.05, 0.1) is 0 Å². The molecule has 1 amide bonds. The van der Waals surface area contributed by atoms with E-state index in [-0.39, 0.29) is 11.9 Å². The molecule has 1 fully saturated rings. The summed E-state index contributed by atoms with van der Waals surface area (Å²) in [6.07, 6.45) is 4.05. The molecule has 88 valence electrons. The maximum Gasteiger partial charge on any atom is 0.220 e. The van der Waals surface area contributed by atoms with Crippen LogP contribution in [0, 0.1) is 0 Å². The molecule has 0 aromatic carbocycles. The van der Waals surface area contributed by atoms with Crippen LogP contribution in [0.4, 0.5) is 0 Å². The molecule has 5 heteroatoms. The van der Waals surface area contributed by atoms with Gasteiger partial charge in [0.25, 0.3) is 0 Å². The minimum atomic E-state index is -0.650. The van der Waals surface area contributed by atoms with E-state index >= 15 is 0 Å². The molecule has 0 bridgehead atoms. The van der Waals surface area contributed by atoms with Gasteiger partial charge in [0.15, 0.2) is 0 Å². The number of carbonyl (C=O) groups excluding carboxylic acids is 1. The van der Waals surface area contributed by atoms with Crippen LogP contribution in [0.2, 0.25) is 0 Å². The van der Waals surface area contributed by atoms with Gasteiger partial charge in [0, 0.05) is 34.8 Å². The van der Waals surface area contributed by atoms with E-state index in [1.165, 1.54) is 0 Å². The molecular formula is C10H20N2O2S. The minimum absolute atomic E-state index is 0.112. The number of hydrogen-bond donors (Lipinski definition) is 2. The summed E-state index contributed by atoms with van der Waals surface area (Å²) < 4.78 is 11.1. The lowest BCUT2D eigenvalue weighted by atomic mass is 10.1. The van der Waals surface area contributed by atoms with E-state index in [1.54, 1.807) is 0 Å². The second-order valence-electron chi connectivity index (χ2n) is 3.94. The fourth-order valence-electron chi connectivity index (χ4n) is 1.67. The molecule has 1 heterocycles. The van der Waals surface area contributed by atoms with Crippen LogP contribution in [0.15, 0.2) is 0 Å². The number of amides is 1. The number of nitrogens with two attached hydrogens (primary N) is 1. The first-order valence-corrected chi connectivity index (χ1v) is 7.05. The van der Waals surface area contributed by atoms with Crippen LogP contribution in [0.25, 0.3) is 0 Å². The van der Waals surface area contributed by atoms with Crippen molar-refractivity contribution in [2.45, 2.75) is 38.1 Å². The van der Waals surface area contributed by atoms with Gasteiger partial charge < -0.3 is 11.1 Å². The first kappa shape index (κ1) is 12.6. The number of hydrogen-bond acceptors (Lipinski definition) is 3. The predicted octanol–water partition coefficient (Wildman–Crippen LogP) is 0.143. The Morgan fingerprint density at radius 2 is 2.00 bits per heavy atom. The first-order chi connectivity index (χ1) is 7.22. The molecule has 0 aromatic rings. The zero-order chi connectivity index (χ0) is 11.1. The largest absolute Gasteiger partial charge is 0.353 e. The summed E-state index contributed by atoms with van der Waals surface area (Å²) in [5, 5.41) is 2.98. The maximum atomic E-state index is 11.4. The Morgan fingerprint density at radius 1 is 1.33 bits per heavy atom. The van der Waals surface area contributed by atoms with Crippen molar-refractivity contribution in [2.24, 2.45) is 5.73 Å². The molecule has 1 saturated heterocycles. The third-order valence-electron chi connectivity index (χ3n) is 2.61. The molecule has 15 heavy (non-hydrogen) atoms. The van der Waals surface area contributed by atoms with Crippen molar-refractivity contribution >= 4 is 16.7 Å². The summed E-state index contributed by atoms with van der Waals surface area (Å²) in [5.41, 5.74) is 5.35. The Kier molecular flexibility index (Phi) is 5.86. The molecule has 1 aliphatic rings. The van der Waals surface area contributed by atoms with E-state index in [0.717, 1.165) is 37.2 Å². The second kappa shape index (κ2) is 6.95. The van der Waals surface area contributed by atoms with Crippen molar-refractivity contribution in [3.63, 3.8) is 0 Å². The van der Waals surface area contributed by atoms with Crippen LogP contribution in [0.5, 0.6) is 0 Å². The van der Waals surface area contributed by atoms with E-state index in [1.807, 2.05) is 0 Å². The van der Waals surface area contributed by atoms with Gasteiger partial charge in [0.2, 0.25) is 5.91 Å². The number of carbonyl (C=O) groups is 1. The highest BCUT2D eigenvalue weighted by atomic mass is 32.2. The lowest BCUT2D eigenvalue weighted by Crippen LogP contribution is -2.39. The molecule has 0 saturated carbocycles. The van der Waals surface area contributed by atoms with Crippen molar-refractivity contribution in [3.05, 3.63) is 0 Å². The van der Waals surface area contributed by atoms with Gasteiger partial charge in [-0.1, -0.05) is 0 Å². The van der Waals surface area contributed by atoms with E-state index < -0.39 is 10.8 Å². The fraction of sp³-hybridized carbons (Fsp3) is 0.900. The molecule has 0 aliphatic carbocycles. The Balaban J connectivity index is 2.12. The van der Waals surface area contributed by atoms with Crippen molar-refractivity contribution in [2.75, 3.05) is 18.1 Å². The molecule has 1 rings (SSSR count). The molecule has 0 radical (unpaired) electrons. The highest BCUT2D eigenvalue weighted by molar-refractivity contribution is 7.85. The van der Waals surface area contributed by atoms with Gasteiger partial charge in [-0.25, -0.2) is 0 Å². The average molecular weight is 232 g/mol. The average Bonchev–Trinajstić information content (AvgIpc) is 2.22. The van der Waals surface area contributed by atoms with Crippen molar-refractivity contribution < 1.29 is 9.00 Å². The quantitative estimate of drug-likeness (QED) is 0.662. The van der Waals surface area contributed by atoms with Crippen LogP contribution < -0.4 is 11.1 Å². The third kappa shape index (κ3) is 5.28. The number of rotatable bonds is 5. The van der Waals surface area contributed by atoms with Gasteiger partial charge in [-0.05, 0) is 32.2 Å². The van der Waals surface area contributed by atoms with E-state index in [9.17, 15) is 9.00 Å². The summed E-state index contributed by atoms with van der Waals surface area (Å²) >= 11 is 0. The fourth-order valence-corrected chi connectivity index (χ4v) is 2.97. The van der Waals surface area contributed by atoms with Crippen LogP contribution in [-0.2, 0) is 15.6 Å². The summed E-state index contributed by atoms with van der Waals surface area (Å²) in [6.45, 7) is 0.649. The summed E-state index contributed by atoms with van der Waals surface area (Å²) in [5.74, 6) is 1.57. The molecule has 0 spiro atoms. The monoisotopic (exact) mass is 232 g/mol. The Morgan fingerprint density at radius 3 is 2.60 bits per heavy atom. The van der Waals surface area contributed by atoms with Gasteiger partial charge in [-0.15, -0.1) is 0 Å². The predicted molar refractivity (Wildman–Crippen MR) is 61.9 cm³/mol. The van der Waals surface area contributed by atoms with Crippen LogP contribution in [0.1, 0.15) is 32.1 Å². The van der Waals surface area contributed by atoms with Crippen molar-refractivity contribution in [3.8, 4) is 0 Å². The maximum absolute atomic E-state index is 11.4. The molecule has 0 aromatic heterocycles. The molecule has 3 N–H and O–H groups in total. The molecule has 0 unspecified atom stereocenters. The third-order valence-corrected chi connectivity index (χ3v) is 3.99. The van der Waals surface area contributed by atoms with E-state index in [0.29, 0.717) is 13.0 Å². The highest BCUT2D eigenvalue weighted by Crippen LogP contribution is 2.09. The van der Waals surface area contributed by atoms with Crippen molar-refractivity contribution in [1.29, 1.82) is 0 Å². The first-order valence-electron chi connectivity index (χ1n) is 5.57. The molecule has 4 nitrogen and oxygen atoms in total. The summed E-state index contributed by atoms with van der Waals surface area (Å²) in [7, 11) is -0.650. The Labute approximate surface area is 93.4 Å². The second-order valence-corrected chi connectivity index (χ2v) is 5.63. The lowest BCUT2D eigenvalue weighted by molar-refractivity contribution is -0.121. The van der Waals surface area contributed by atoms with Crippen LogP contribution in [-0.4, -0.2) is 34.2 Å². The molecule has 0 atom stereocenters. The van der Waals surface area contributed by atoms with Gasteiger partial charge in [-0.3, -0.25) is 9.00 Å². The Bertz CT molecular complexity index is 223. The van der Waals surface area contributed by atoms with Gasteiger partial charge in [-0.2, -0.15) is 0 Å². The topological polar surface area (TPSA) is 72.2 Å². The van der Waals surface area contributed by atoms with Crippen molar-refractivity contribution in [1.82, 2.24) is 5.32 Å². The normalized spacial score (nSPS) is 26.2. The van der Waals surface area contributed by atoms with Crippen LogP contribution >= 0.6 is 0 Å². The number of nitrogens with one attached hydrogen (secondary N) is 1. The van der Waals surface area contributed by atoms with Gasteiger partial charge in [0.1, 0.15) is 0 Å². The zero-order valence-electron chi connectivity index (χ0n) is 9.04. The smallest absolute Gasteiger partial charge is 0.220 e. The highest BCUT2D eigenvalue weighted by Gasteiger charge is 2.18. The number of unbranched alkanes of at least 4 members (excludes halogenated alkanes) is 1. The standard InChI is InChI=1S/C10H20N2O2S/c11-6-2-1-3-10(13)12-9-4-7-15(14)8-5-9/h9H,1-8,11H2,(H,12,13). The minimum Gasteiger partial charge on any atom is -0.353 e. The lowest BCUT2D eigenvalue weighted by Gasteiger charge is -2.22. The summed E-state index contributed by atoms with van der Waals surface area (Å²) in [4.78, 5) is 11.4. The van der Waals surface area contributed by atoms with E-state index in [4.69, 9.17) is 5.73 Å². The zero-order valence-corrected chi connectivity index (χ0v) is 9.85. The van der Waals surface area contributed by atoms with E-state index in [2.05, 4.69) is 5.32 Å². The molecular weight excluding hydrogens is 212 g/mol. The SMILES string of the molecule is NCCCCC(=O)NC1CCS(=O)CC1. The van der Waals surface area contributed by atoms with Crippen LogP contribution in [0.3, 0.4) is 0 Å². The summed E-state index contributed by atoms with van der Waals surface area (Å²) in [6, 6.07) is 0.244. The Hall–Kier alpha value is -0.420. The molecule has 1 aliphatic heterocycles.